The maximum atomic E-state index is 13.0. The van der Waals surface area contributed by atoms with Crippen LogP contribution in [-0.4, -0.2) is 18.9 Å². The van der Waals surface area contributed by atoms with Gasteiger partial charge in [-0.1, -0.05) is 32.1 Å². The average Bonchev–Trinajstić information content (AvgIpc) is 2.52. The molecule has 4 nitrogen and oxygen atoms in total. The van der Waals surface area contributed by atoms with E-state index in [2.05, 4.69) is 47.8 Å². The van der Waals surface area contributed by atoms with Gasteiger partial charge in [0, 0.05) is 27.3 Å². The van der Waals surface area contributed by atoms with Gasteiger partial charge in [-0.15, -0.1) is 0 Å². The number of nitrogens with one attached hydrogen (secondary N) is 1. The molecule has 0 amide bonds. The molecule has 2 aliphatic rings. The van der Waals surface area contributed by atoms with E-state index < -0.39 is 0 Å². The number of Topliss-reactive ketones (excluding diaryl/α,β-unsaturated/α-hetero) is 1. The maximum Gasteiger partial charge on any atom is 0.336 e. The lowest BCUT2D eigenvalue weighted by molar-refractivity contribution is -0.136. The van der Waals surface area contributed by atoms with Crippen molar-refractivity contribution in [2.24, 2.45) is 11.3 Å². The fraction of sp³-hybridized carbons (Fsp3) is 0.400. The first-order valence-corrected chi connectivity index (χ1v) is 9.38. The number of benzene rings is 1. The summed E-state index contributed by atoms with van der Waals surface area (Å²) in [6, 6.07) is 8.00. The van der Waals surface area contributed by atoms with Gasteiger partial charge < -0.3 is 10.1 Å². The number of carbonyl (C=O) groups excluding carboxylic acids is 2. The van der Waals surface area contributed by atoms with E-state index in [4.69, 9.17) is 4.74 Å². The number of carbonyl (C=O) groups is 2. The standard InChI is InChI=1S/C20H22INO3/c1-11-16(19(24)25-4)17(12-5-7-13(21)8-6-12)18-14(22-11)9-20(2,3)10-15(18)23/h5-9,17-18,22H,10H2,1-4H3. The summed E-state index contributed by atoms with van der Waals surface area (Å²) in [7, 11) is 1.38. The maximum absolute atomic E-state index is 13.0. The number of ether oxygens (including phenoxy) is 1. The predicted octanol–water partition coefficient (Wildman–Crippen LogP) is 3.92. The van der Waals surface area contributed by atoms with Gasteiger partial charge in [0.2, 0.25) is 0 Å². The van der Waals surface area contributed by atoms with Crippen LogP contribution in [-0.2, 0) is 14.3 Å². The van der Waals surface area contributed by atoms with Gasteiger partial charge in [0.05, 0.1) is 18.6 Å². The van der Waals surface area contributed by atoms with Crippen LogP contribution < -0.4 is 5.32 Å². The van der Waals surface area contributed by atoms with E-state index >= 15 is 0 Å². The zero-order valence-electron chi connectivity index (χ0n) is 14.9. The molecule has 0 aromatic heterocycles. The second-order valence-electron chi connectivity index (χ2n) is 7.39. The van der Waals surface area contributed by atoms with E-state index in [0.29, 0.717) is 12.0 Å². The Morgan fingerprint density at radius 3 is 2.48 bits per heavy atom. The van der Waals surface area contributed by atoms with Crippen molar-refractivity contribution in [2.75, 3.05) is 7.11 Å². The van der Waals surface area contributed by atoms with Crippen LogP contribution in [0.15, 0.2) is 47.3 Å². The molecule has 3 rings (SSSR count). The third-order valence-corrected chi connectivity index (χ3v) is 5.59. The highest BCUT2D eigenvalue weighted by atomic mass is 127. The first kappa shape index (κ1) is 18.2. The van der Waals surface area contributed by atoms with E-state index in [0.717, 1.165) is 20.5 Å². The summed E-state index contributed by atoms with van der Waals surface area (Å²) in [5, 5.41) is 3.30. The fourth-order valence-corrected chi connectivity index (χ4v) is 4.24. The highest BCUT2D eigenvalue weighted by Crippen LogP contribution is 2.46. The van der Waals surface area contributed by atoms with Crippen LogP contribution in [0.2, 0.25) is 0 Å². The van der Waals surface area contributed by atoms with Gasteiger partial charge in [0.25, 0.3) is 0 Å². The summed E-state index contributed by atoms with van der Waals surface area (Å²) in [5.74, 6) is -0.913. The molecule has 0 radical (unpaired) electrons. The molecule has 25 heavy (non-hydrogen) atoms. The van der Waals surface area contributed by atoms with Crippen molar-refractivity contribution in [3.05, 3.63) is 56.4 Å². The largest absolute Gasteiger partial charge is 0.466 e. The van der Waals surface area contributed by atoms with E-state index in [9.17, 15) is 9.59 Å². The second kappa shape index (κ2) is 6.59. The van der Waals surface area contributed by atoms with Gasteiger partial charge in [-0.25, -0.2) is 4.79 Å². The molecule has 1 aromatic carbocycles. The molecule has 1 aliphatic carbocycles. The lowest BCUT2D eigenvalue weighted by Gasteiger charge is -2.41. The molecule has 5 heteroatoms. The smallest absolute Gasteiger partial charge is 0.336 e. The zero-order valence-corrected chi connectivity index (χ0v) is 17.0. The summed E-state index contributed by atoms with van der Waals surface area (Å²) in [6.45, 7) is 5.99. The number of esters is 1. The molecule has 1 aromatic rings. The summed E-state index contributed by atoms with van der Waals surface area (Å²) in [6.07, 6.45) is 2.60. The number of hydrogen-bond donors (Lipinski definition) is 1. The number of halogens is 1. The van der Waals surface area contributed by atoms with Crippen LogP contribution in [0.5, 0.6) is 0 Å². The second-order valence-corrected chi connectivity index (χ2v) is 8.64. The van der Waals surface area contributed by atoms with Crippen LogP contribution in [0.25, 0.3) is 0 Å². The number of fused-ring (bicyclic) bond motifs is 1. The molecule has 0 saturated heterocycles. The van der Waals surface area contributed by atoms with Crippen LogP contribution in [0.4, 0.5) is 0 Å². The first-order valence-electron chi connectivity index (χ1n) is 8.30. The summed E-state index contributed by atoms with van der Waals surface area (Å²) in [4.78, 5) is 25.5. The molecule has 0 spiro atoms. The fourth-order valence-electron chi connectivity index (χ4n) is 3.88. The van der Waals surface area contributed by atoms with E-state index in [1.165, 1.54) is 7.11 Å². The Hall–Kier alpha value is -1.63. The predicted molar refractivity (Wildman–Crippen MR) is 105 cm³/mol. The Morgan fingerprint density at radius 2 is 1.88 bits per heavy atom. The van der Waals surface area contributed by atoms with Gasteiger partial charge in [-0.05, 0) is 52.6 Å². The van der Waals surface area contributed by atoms with E-state index in [1.54, 1.807) is 0 Å². The van der Waals surface area contributed by atoms with Crippen molar-refractivity contribution < 1.29 is 14.3 Å². The van der Waals surface area contributed by atoms with Gasteiger partial charge in [-0.3, -0.25) is 4.79 Å². The SMILES string of the molecule is COC(=O)C1=C(C)NC2=CC(C)(C)CC(=O)C2C1c1ccc(I)cc1. The molecule has 1 heterocycles. The molecule has 1 N–H and O–H groups in total. The van der Waals surface area contributed by atoms with Crippen molar-refractivity contribution in [2.45, 2.75) is 33.1 Å². The van der Waals surface area contributed by atoms with Crippen LogP contribution in [0.3, 0.4) is 0 Å². The summed E-state index contributed by atoms with van der Waals surface area (Å²) >= 11 is 2.25. The Kier molecular flexibility index (Phi) is 4.79. The molecule has 0 saturated carbocycles. The van der Waals surface area contributed by atoms with Gasteiger partial charge in [0.15, 0.2) is 0 Å². The number of allylic oxidation sites excluding steroid dienone is 3. The van der Waals surface area contributed by atoms with Crippen molar-refractivity contribution in [1.29, 1.82) is 0 Å². The van der Waals surface area contributed by atoms with Crippen molar-refractivity contribution in [1.82, 2.24) is 5.32 Å². The van der Waals surface area contributed by atoms with Crippen molar-refractivity contribution in [3.63, 3.8) is 0 Å². The van der Waals surface area contributed by atoms with E-state index in [1.807, 2.05) is 31.2 Å². The summed E-state index contributed by atoms with van der Waals surface area (Å²) < 4.78 is 6.14. The van der Waals surface area contributed by atoms with Crippen molar-refractivity contribution in [3.8, 4) is 0 Å². The highest BCUT2D eigenvalue weighted by molar-refractivity contribution is 14.1. The highest BCUT2D eigenvalue weighted by Gasteiger charge is 2.46. The Morgan fingerprint density at radius 1 is 1.24 bits per heavy atom. The molecular formula is C20H22INO3. The topological polar surface area (TPSA) is 55.4 Å². The van der Waals surface area contributed by atoms with Crippen LogP contribution >= 0.6 is 22.6 Å². The number of hydrogen-bond acceptors (Lipinski definition) is 4. The monoisotopic (exact) mass is 451 g/mol. The minimum atomic E-state index is -0.384. The van der Waals surface area contributed by atoms with Crippen LogP contribution in [0.1, 0.15) is 38.7 Å². The molecule has 0 bridgehead atoms. The van der Waals surface area contributed by atoms with Gasteiger partial charge in [0.1, 0.15) is 5.78 Å². The minimum absolute atomic E-state index is 0.160. The Bertz CT molecular complexity index is 790. The van der Waals surface area contributed by atoms with Gasteiger partial charge in [-0.2, -0.15) is 0 Å². The zero-order chi connectivity index (χ0) is 18.4. The Labute approximate surface area is 161 Å². The average molecular weight is 451 g/mol. The number of ketones is 1. The first-order chi connectivity index (χ1) is 11.7. The van der Waals surface area contributed by atoms with E-state index in [-0.39, 0.29) is 29.0 Å². The van der Waals surface area contributed by atoms with Crippen LogP contribution in [0, 0.1) is 14.9 Å². The Balaban J connectivity index is 2.20. The number of methoxy groups -OCH3 is 1. The van der Waals surface area contributed by atoms with Gasteiger partial charge >= 0.3 is 5.97 Å². The molecule has 1 aliphatic heterocycles. The molecular weight excluding hydrogens is 429 g/mol. The molecule has 2 atom stereocenters. The normalized spacial score (nSPS) is 25.0. The third kappa shape index (κ3) is 3.38. The molecule has 0 fully saturated rings. The number of rotatable bonds is 2. The molecule has 132 valence electrons. The minimum Gasteiger partial charge on any atom is -0.466 e. The summed E-state index contributed by atoms with van der Waals surface area (Å²) in [5.41, 5.74) is 2.97. The quantitative estimate of drug-likeness (QED) is 0.547. The third-order valence-electron chi connectivity index (χ3n) is 4.87. The van der Waals surface area contributed by atoms with Crippen molar-refractivity contribution >= 4 is 34.3 Å². The molecule has 2 unspecified atom stereocenters. The lowest BCUT2D eigenvalue weighted by Crippen LogP contribution is -2.43. The lowest BCUT2D eigenvalue weighted by atomic mass is 9.66.